The summed E-state index contributed by atoms with van der Waals surface area (Å²) in [7, 11) is 0. The van der Waals surface area contributed by atoms with Crippen molar-refractivity contribution in [3.63, 3.8) is 0 Å². The van der Waals surface area contributed by atoms with Crippen LogP contribution in [0.4, 0.5) is 0 Å². The molecular weight excluding hydrogens is 178 g/mol. The average molecular weight is 193 g/mol. The standard InChI is InChI=1S/C10H15N3O/c1-2-13(9-4-5-9)10(14)8-12-7-3-6-11-12/h3,6-7,9H,2,4-5,8H2,1H3. The van der Waals surface area contributed by atoms with E-state index in [4.69, 9.17) is 0 Å². The molecule has 1 aliphatic rings. The molecule has 2 rings (SSSR count). The second-order valence-corrected chi connectivity index (χ2v) is 3.61. The van der Waals surface area contributed by atoms with Crippen LogP contribution in [0.15, 0.2) is 18.5 Å². The molecule has 0 bridgehead atoms. The van der Waals surface area contributed by atoms with E-state index in [1.54, 1.807) is 10.9 Å². The molecule has 0 spiro atoms. The second-order valence-electron chi connectivity index (χ2n) is 3.61. The normalized spacial score (nSPS) is 15.5. The Morgan fingerprint density at radius 3 is 2.93 bits per heavy atom. The molecule has 0 radical (unpaired) electrons. The fraction of sp³-hybridized carbons (Fsp3) is 0.600. The fourth-order valence-electron chi connectivity index (χ4n) is 1.65. The van der Waals surface area contributed by atoms with Crippen molar-refractivity contribution in [2.24, 2.45) is 0 Å². The Hall–Kier alpha value is -1.32. The third-order valence-electron chi connectivity index (χ3n) is 2.51. The van der Waals surface area contributed by atoms with Crippen molar-refractivity contribution < 1.29 is 4.79 Å². The summed E-state index contributed by atoms with van der Waals surface area (Å²) >= 11 is 0. The molecule has 0 aliphatic heterocycles. The summed E-state index contributed by atoms with van der Waals surface area (Å²) in [5.41, 5.74) is 0. The summed E-state index contributed by atoms with van der Waals surface area (Å²) in [6.45, 7) is 3.21. The van der Waals surface area contributed by atoms with Gasteiger partial charge in [-0.1, -0.05) is 0 Å². The van der Waals surface area contributed by atoms with E-state index in [0.717, 1.165) is 6.54 Å². The van der Waals surface area contributed by atoms with Crippen LogP contribution in [0, 0.1) is 0 Å². The lowest BCUT2D eigenvalue weighted by molar-refractivity contribution is -0.132. The van der Waals surface area contributed by atoms with Crippen LogP contribution in [0.3, 0.4) is 0 Å². The second kappa shape index (κ2) is 3.82. The minimum atomic E-state index is 0.179. The Bertz CT molecular complexity index is 303. The number of hydrogen-bond donors (Lipinski definition) is 0. The van der Waals surface area contributed by atoms with E-state index in [1.165, 1.54) is 12.8 Å². The van der Waals surface area contributed by atoms with E-state index in [0.29, 0.717) is 12.6 Å². The minimum Gasteiger partial charge on any atom is -0.338 e. The molecule has 0 aromatic carbocycles. The molecule has 0 atom stereocenters. The van der Waals surface area contributed by atoms with Gasteiger partial charge in [0.2, 0.25) is 5.91 Å². The molecule has 1 aliphatic carbocycles. The molecule has 4 heteroatoms. The third-order valence-corrected chi connectivity index (χ3v) is 2.51. The van der Waals surface area contributed by atoms with Gasteiger partial charge in [-0.15, -0.1) is 0 Å². The monoisotopic (exact) mass is 193 g/mol. The SMILES string of the molecule is CCN(C(=O)Cn1cccn1)C1CC1. The van der Waals surface area contributed by atoms with Gasteiger partial charge in [0, 0.05) is 25.0 Å². The maximum atomic E-state index is 11.8. The summed E-state index contributed by atoms with van der Waals surface area (Å²) in [5, 5.41) is 4.02. The van der Waals surface area contributed by atoms with E-state index >= 15 is 0 Å². The highest BCUT2D eigenvalue weighted by Crippen LogP contribution is 2.26. The van der Waals surface area contributed by atoms with Gasteiger partial charge in [0.25, 0.3) is 0 Å². The zero-order valence-corrected chi connectivity index (χ0v) is 8.39. The first kappa shape index (κ1) is 9.24. The van der Waals surface area contributed by atoms with E-state index in [9.17, 15) is 4.79 Å². The van der Waals surface area contributed by atoms with E-state index in [2.05, 4.69) is 5.10 Å². The Morgan fingerprint density at radius 2 is 2.43 bits per heavy atom. The molecule has 0 unspecified atom stereocenters. The number of nitrogens with zero attached hydrogens (tertiary/aromatic N) is 3. The smallest absolute Gasteiger partial charge is 0.244 e. The highest BCUT2D eigenvalue weighted by Gasteiger charge is 2.31. The number of rotatable bonds is 4. The Kier molecular flexibility index (Phi) is 2.52. The first-order valence-electron chi connectivity index (χ1n) is 5.08. The highest BCUT2D eigenvalue weighted by molar-refractivity contribution is 5.76. The molecule has 0 N–H and O–H groups in total. The van der Waals surface area contributed by atoms with Crippen molar-refractivity contribution in [2.75, 3.05) is 6.54 Å². The number of hydrogen-bond acceptors (Lipinski definition) is 2. The van der Waals surface area contributed by atoms with Gasteiger partial charge in [0.05, 0.1) is 0 Å². The van der Waals surface area contributed by atoms with E-state index < -0.39 is 0 Å². The van der Waals surface area contributed by atoms with Gasteiger partial charge in [-0.3, -0.25) is 9.48 Å². The van der Waals surface area contributed by atoms with Gasteiger partial charge in [0.1, 0.15) is 6.54 Å². The number of carbonyl (C=O) groups excluding carboxylic acids is 1. The van der Waals surface area contributed by atoms with Crippen LogP contribution in [-0.4, -0.2) is 33.2 Å². The first-order chi connectivity index (χ1) is 6.81. The summed E-state index contributed by atoms with van der Waals surface area (Å²) < 4.78 is 1.67. The summed E-state index contributed by atoms with van der Waals surface area (Å²) in [6.07, 6.45) is 5.84. The van der Waals surface area contributed by atoms with Gasteiger partial charge in [-0.05, 0) is 25.8 Å². The molecule has 1 aromatic rings. The average Bonchev–Trinajstić information content (AvgIpc) is 2.86. The molecule has 1 heterocycles. The van der Waals surface area contributed by atoms with Crippen LogP contribution in [-0.2, 0) is 11.3 Å². The van der Waals surface area contributed by atoms with Crippen LogP contribution in [0.5, 0.6) is 0 Å². The molecule has 76 valence electrons. The number of amides is 1. The zero-order chi connectivity index (χ0) is 9.97. The first-order valence-corrected chi connectivity index (χ1v) is 5.08. The maximum absolute atomic E-state index is 11.8. The molecule has 4 nitrogen and oxygen atoms in total. The summed E-state index contributed by atoms with van der Waals surface area (Å²) in [5.74, 6) is 0.179. The molecule has 1 amide bonds. The fourth-order valence-corrected chi connectivity index (χ4v) is 1.65. The molecule has 1 saturated carbocycles. The zero-order valence-electron chi connectivity index (χ0n) is 8.39. The van der Waals surface area contributed by atoms with Gasteiger partial charge >= 0.3 is 0 Å². The van der Waals surface area contributed by atoms with Gasteiger partial charge in [-0.25, -0.2) is 0 Å². The Balaban J connectivity index is 1.93. The highest BCUT2D eigenvalue weighted by atomic mass is 16.2. The van der Waals surface area contributed by atoms with E-state index in [-0.39, 0.29) is 5.91 Å². The van der Waals surface area contributed by atoms with Crippen LogP contribution in [0.25, 0.3) is 0 Å². The van der Waals surface area contributed by atoms with Crippen LogP contribution in [0.2, 0.25) is 0 Å². The summed E-state index contributed by atoms with van der Waals surface area (Å²) in [6, 6.07) is 2.34. The Morgan fingerprint density at radius 1 is 1.64 bits per heavy atom. The van der Waals surface area contributed by atoms with Crippen LogP contribution < -0.4 is 0 Å². The number of carbonyl (C=O) groups is 1. The third kappa shape index (κ3) is 1.95. The van der Waals surface area contributed by atoms with Gasteiger partial charge in [0.15, 0.2) is 0 Å². The minimum absolute atomic E-state index is 0.179. The van der Waals surface area contributed by atoms with Crippen molar-refractivity contribution in [1.29, 1.82) is 0 Å². The predicted octanol–water partition coefficient (Wildman–Crippen LogP) is 0.894. The molecule has 0 saturated heterocycles. The molecule has 1 fully saturated rings. The van der Waals surface area contributed by atoms with Gasteiger partial charge < -0.3 is 4.90 Å². The lowest BCUT2D eigenvalue weighted by Gasteiger charge is -2.20. The topological polar surface area (TPSA) is 38.1 Å². The summed E-state index contributed by atoms with van der Waals surface area (Å²) in [4.78, 5) is 13.7. The maximum Gasteiger partial charge on any atom is 0.244 e. The van der Waals surface area contributed by atoms with Crippen LogP contribution >= 0.6 is 0 Å². The Labute approximate surface area is 83.5 Å². The van der Waals surface area contributed by atoms with Crippen molar-refractivity contribution >= 4 is 5.91 Å². The largest absolute Gasteiger partial charge is 0.338 e. The number of likely N-dealkylation sites (N-methyl/N-ethyl adjacent to an activating group) is 1. The molecule has 14 heavy (non-hydrogen) atoms. The van der Waals surface area contributed by atoms with E-state index in [1.807, 2.05) is 24.1 Å². The lowest BCUT2D eigenvalue weighted by Crippen LogP contribution is -2.35. The lowest BCUT2D eigenvalue weighted by atomic mass is 10.4. The predicted molar refractivity (Wildman–Crippen MR) is 52.6 cm³/mol. The quantitative estimate of drug-likeness (QED) is 0.712. The van der Waals surface area contributed by atoms with Crippen molar-refractivity contribution in [1.82, 2.24) is 14.7 Å². The molecule has 1 aromatic heterocycles. The van der Waals surface area contributed by atoms with Crippen molar-refractivity contribution in [3.05, 3.63) is 18.5 Å². The van der Waals surface area contributed by atoms with Crippen molar-refractivity contribution in [2.45, 2.75) is 32.4 Å². The van der Waals surface area contributed by atoms with Gasteiger partial charge in [-0.2, -0.15) is 5.10 Å². The van der Waals surface area contributed by atoms with Crippen molar-refractivity contribution in [3.8, 4) is 0 Å². The molecular formula is C10H15N3O. The number of aromatic nitrogens is 2. The van der Waals surface area contributed by atoms with Crippen LogP contribution in [0.1, 0.15) is 19.8 Å².